The van der Waals surface area contributed by atoms with Crippen molar-refractivity contribution in [1.82, 2.24) is 9.59 Å². The first-order valence-electron chi connectivity index (χ1n) is 7.42. The third kappa shape index (κ3) is 2.99. The van der Waals surface area contributed by atoms with Gasteiger partial charge in [0, 0.05) is 17.3 Å². The van der Waals surface area contributed by atoms with E-state index in [2.05, 4.69) is 14.9 Å². The van der Waals surface area contributed by atoms with Crippen molar-refractivity contribution in [2.24, 2.45) is 0 Å². The van der Waals surface area contributed by atoms with Gasteiger partial charge in [-0.15, -0.1) is 5.10 Å². The van der Waals surface area contributed by atoms with Crippen LogP contribution in [0.1, 0.15) is 9.67 Å². The molecular weight excluding hydrogens is 342 g/mol. The Bertz CT molecular complexity index is 941. The van der Waals surface area contributed by atoms with Crippen LogP contribution in [0.25, 0.3) is 11.3 Å². The molecule has 1 aromatic heterocycles. The van der Waals surface area contributed by atoms with Crippen molar-refractivity contribution in [3.05, 3.63) is 47.3 Å². The van der Waals surface area contributed by atoms with E-state index in [1.807, 2.05) is 24.3 Å². The lowest BCUT2D eigenvalue weighted by Gasteiger charge is -2.06. The second kappa shape index (κ2) is 6.40. The molecule has 0 saturated carbocycles. The van der Waals surface area contributed by atoms with Gasteiger partial charge in [-0.05, 0) is 35.8 Å². The summed E-state index contributed by atoms with van der Waals surface area (Å²) in [5, 5.41) is 6.93. The maximum absolute atomic E-state index is 12.6. The van der Waals surface area contributed by atoms with Crippen molar-refractivity contribution in [1.29, 1.82) is 0 Å². The SMILES string of the molecule is COc1cccc(-c2nnsc2C(=O)Nc2ccc3c(c2)OCO3)c1. The van der Waals surface area contributed by atoms with Crippen LogP contribution in [0.3, 0.4) is 0 Å². The van der Waals surface area contributed by atoms with Crippen molar-refractivity contribution in [3.63, 3.8) is 0 Å². The van der Waals surface area contributed by atoms with Gasteiger partial charge in [-0.3, -0.25) is 4.79 Å². The molecule has 25 heavy (non-hydrogen) atoms. The fraction of sp³-hybridized carbons (Fsp3) is 0.118. The lowest BCUT2D eigenvalue weighted by Crippen LogP contribution is -2.11. The van der Waals surface area contributed by atoms with E-state index in [0.29, 0.717) is 33.5 Å². The van der Waals surface area contributed by atoms with E-state index in [0.717, 1.165) is 17.1 Å². The van der Waals surface area contributed by atoms with Crippen LogP contribution >= 0.6 is 11.5 Å². The number of hydrogen-bond donors (Lipinski definition) is 1. The van der Waals surface area contributed by atoms with Gasteiger partial charge in [-0.2, -0.15) is 0 Å². The summed E-state index contributed by atoms with van der Waals surface area (Å²) in [7, 11) is 1.59. The van der Waals surface area contributed by atoms with Crippen molar-refractivity contribution in [3.8, 4) is 28.5 Å². The monoisotopic (exact) mass is 355 g/mol. The number of anilines is 1. The number of rotatable bonds is 4. The fourth-order valence-electron chi connectivity index (χ4n) is 2.46. The predicted molar refractivity (Wildman–Crippen MR) is 92.4 cm³/mol. The molecule has 0 spiro atoms. The first-order chi connectivity index (χ1) is 12.2. The molecule has 2 heterocycles. The van der Waals surface area contributed by atoms with E-state index in [9.17, 15) is 4.79 Å². The van der Waals surface area contributed by atoms with Crippen LogP contribution in [0.2, 0.25) is 0 Å². The first-order valence-corrected chi connectivity index (χ1v) is 8.20. The average molecular weight is 355 g/mol. The summed E-state index contributed by atoms with van der Waals surface area (Å²) in [5.41, 5.74) is 1.89. The van der Waals surface area contributed by atoms with Crippen molar-refractivity contribution in [2.75, 3.05) is 19.2 Å². The summed E-state index contributed by atoms with van der Waals surface area (Å²) in [5.74, 6) is 1.67. The van der Waals surface area contributed by atoms with E-state index >= 15 is 0 Å². The highest BCUT2D eigenvalue weighted by Crippen LogP contribution is 2.34. The number of amides is 1. The summed E-state index contributed by atoms with van der Waals surface area (Å²) in [6, 6.07) is 12.6. The lowest BCUT2D eigenvalue weighted by atomic mass is 10.1. The van der Waals surface area contributed by atoms with Gasteiger partial charge in [0.15, 0.2) is 11.5 Å². The molecule has 2 aromatic carbocycles. The zero-order valence-electron chi connectivity index (χ0n) is 13.2. The molecular formula is C17H13N3O4S. The van der Waals surface area contributed by atoms with Gasteiger partial charge in [-0.25, -0.2) is 0 Å². The van der Waals surface area contributed by atoms with Crippen molar-refractivity contribution < 1.29 is 19.0 Å². The topological polar surface area (TPSA) is 82.6 Å². The van der Waals surface area contributed by atoms with Gasteiger partial charge < -0.3 is 19.5 Å². The van der Waals surface area contributed by atoms with Gasteiger partial charge in [0.05, 0.1) is 7.11 Å². The summed E-state index contributed by atoms with van der Waals surface area (Å²) >= 11 is 1.04. The predicted octanol–water partition coefficient (Wildman–Crippen LogP) is 3.19. The molecule has 0 fully saturated rings. The highest BCUT2D eigenvalue weighted by Gasteiger charge is 2.20. The highest BCUT2D eigenvalue weighted by atomic mass is 32.1. The quantitative estimate of drug-likeness (QED) is 0.774. The molecule has 7 nitrogen and oxygen atoms in total. The molecule has 1 amide bonds. The largest absolute Gasteiger partial charge is 0.497 e. The highest BCUT2D eigenvalue weighted by molar-refractivity contribution is 7.08. The molecule has 126 valence electrons. The molecule has 0 saturated heterocycles. The molecule has 3 aromatic rings. The van der Waals surface area contributed by atoms with Gasteiger partial charge >= 0.3 is 0 Å². The normalized spacial score (nSPS) is 12.0. The Balaban J connectivity index is 1.60. The molecule has 0 radical (unpaired) electrons. The van der Waals surface area contributed by atoms with Crippen LogP contribution in [-0.2, 0) is 0 Å². The Hall–Kier alpha value is -3.13. The number of methoxy groups -OCH3 is 1. The van der Waals surface area contributed by atoms with Gasteiger partial charge in [-0.1, -0.05) is 16.6 Å². The second-order valence-electron chi connectivity index (χ2n) is 5.20. The molecule has 0 atom stereocenters. The van der Waals surface area contributed by atoms with Crippen LogP contribution in [-0.4, -0.2) is 29.4 Å². The molecule has 1 aliphatic rings. The number of carbonyl (C=O) groups is 1. The Morgan fingerprint density at radius 1 is 1.20 bits per heavy atom. The third-order valence-electron chi connectivity index (χ3n) is 3.67. The van der Waals surface area contributed by atoms with Gasteiger partial charge in [0.1, 0.15) is 16.3 Å². The molecule has 0 unspecified atom stereocenters. The standard InChI is InChI=1S/C17H13N3O4S/c1-22-12-4-2-3-10(7-12)15-16(25-20-19-15)17(21)18-11-5-6-13-14(8-11)24-9-23-13/h2-8H,9H2,1H3,(H,18,21). The molecule has 0 bridgehead atoms. The van der Waals surface area contributed by atoms with Crippen molar-refractivity contribution >= 4 is 23.1 Å². The minimum Gasteiger partial charge on any atom is -0.497 e. The van der Waals surface area contributed by atoms with Crippen LogP contribution in [0.4, 0.5) is 5.69 Å². The number of nitrogens with one attached hydrogen (secondary N) is 1. The van der Waals surface area contributed by atoms with Crippen LogP contribution < -0.4 is 19.5 Å². The summed E-state index contributed by atoms with van der Waals surface area (Å²) in [6.07, 6.45) is 0. The van der Waals surface area contributed by atoms with Crippen LogP contribution in [0.5, 0.6) is 17.2 Å². The molecule has 1 N–H and O–H groups in total. The summed E-state index contributed by atoms with van der Waals surface area (Å²) in [6.45, 7) is 0.186. The summed E-state index contributed by atoms with van der Waals surface area (Å²) in [4.78, 5) is 13.1. The van der Waals surface area contributed by atoms with Gasteiger partial charge in [0.25, 0.3) is 5.91 Å². The second-order valence-corrected chi connectivity index (χ2v) is 5.96. The Kier molecular flexibility index (Phi) is 3.95. The van der Waals surface area contributed by atoms with Crippen molar-refractivity contribution in [2.45, 2.75) is 0 Å². The number of benzene rings is 2. The third-order valence-corrected chi connectivity index (χ3v) is 4.39. The van der Waals surface area contributed by atoms with Gasteiger partial charge in [0.2, 0.25) is 6.79 Å². The van der Waals surface area contributed by atoms with E-state index in [4.69, 9.17) is 14.2 Å². The molecule has 4 rings (SSSR count). The molecule has 8 heteroatoms. The average Bonchev–Trinajstić information content (AvgIpc) is 3.30. The van der Waals surface area contributed by atoms with E-state index in [-0.39, 0.29) is 12.7 Å². The Morgan fingerprint density at radius 2 is 2.08 bits per heavy atom. The Labute approximate surface area is 147 Å². The van der Waals surface area contributed by atoms with Crippen LogP contribution in [0, 0.1) is 0 Å². The maximum Gasteiger partial charge on any atom is 0.269 e. The molecule has 0 aliphatic carbocycles. The van der Waals surface area contributed by atoms with Crippen LogP contribution in [0.15, 0.2) is 42.5 Å². The maximum atomic E-state index is 12.6. The minimum absolute atomic E-state index is 0.186. The number of hydrogen-bond acceptors (Lipinski definition) is 7. The number of aromatic nitrogens is 2. The Morgan fingerprint density at radius 3 is 2.96 bits per heavy atom. The minimum atomic E-state index is -0.285. The van der Waals surface area contributed by atoms with E-state index in [1.165, 1.54) is 0 Å². The lowest BCUT2D eigenvalue weighted by molar-refractivity contribution is 0.103. The van der Waals surface area contributed by atoms with E-state index < -0.39 is 0 Å². The smallest absolute Gasteiger partial charge is 0.269 e. The first kappa shape index (κ1) is 15.4. The van der Waals surface area contributed by atoms with E-state index in [1.54, 1.807) is 25.3 Å². The number of carbonyl (C=O) groups excluding carboxylic acids is 1. The zero-order chi connectivity index (χ0) is 17.2. The fourth-order valence-corrected chi connectivity index (χ4v) is 3.04. The number of nitrogens with zero attached hydrogens (tertiary/aromatic N) is 2. The number of ether oxygens (including phenoxy) is 3. The zero-order valence-corrected chi connectivity index (χ0v) is 14.0. The summed E-state index contributed by atoms with van der Waals surface area (Å²) < 4.78 is 19.7. The molecule has 1 aliphatic heterocycles. The number of fused-ring (bicyclic) bond motifs is 1.